The van der Waals surface area contributed by atoms with Crippen LogP contribution in [0.25, 0.3) is 16.6 Å². The summed E-state index contributed by atoms with van der Waals surface area (Å²) in [6.07, 6.45) is 1.87. The van der Waals surface area contributed by atoms with Crippen LogP contribution in [0.15, 0.2) is 53.1 Å². The highest BCUT2D eigenvalue weighted by Crippen LogP contribution is 2.32. The van der Waals surface area contributed by atoms with Crippen LogP contribution < -0.4 is 0 Å². The molecule has 0 unspecified atom stereocenters. The van der Waals surface area contributed by atoms with Gasteiger partial charge < -0.3 is 4.57 Å². The summed E-state index contributed by atoms with van der Waals surface area (Å²) in [6, 6.07) is 12.7. The quantitative estimate of drug-likeness (QED) is 0.508. The number of nitrogens with zero attached hydrogens (tertiary/aromatic N) is 2. The molecule has 4 nitrogen and oxygen atoms in total. The van der Waals surface area contributed by atoms with E-state index in [9.17, 15) is 10.1 Å². The molecule has 0 aliphatic carbocycles. The number of para-hydroxylation sites is 2. The number of nitro groups is 1. The van der Waals surface area contributed by atoms with E-state index in [0.717, 1.165) is 20.9 Å². The van der Waals surface area contributed by atoms with Crippen molar-refractivity contribution in [1.29, 1.82) is 0 Å². The second kappa shape index (κ2) is 4.76. The Labute approximate surface area is 123 Å². The summed E-state index contributed by atoms with van der Waals surface area (Å²) in [5.41, 5.74) is 2.75. The Hall–Kier alpha value is -2.14. The topological polar surface area (TPSA) is 48.1 Å². The fourth-order valence-corrected chi connectivity index (χ4v) is 2.92. The van der Waals surface area contributed by atoms with Crippen molar-refractivity contribution in [2.75, 3.05) is 0 Å². The monoisotopic (exact) mass is 330 g/mol. The third kappa shape index (κ3) is 1.91. The highest BCUT2D eigenvalue weighted by Gasteiger charge is 2.17. The van der Waals surface area contributed by atoms with Crippen LogP contribution in [0.3, 0.4) is 0 Å². The molecule has 0 saturated carbocycles. The van der Waals surface area contributed by atoms with Gasteiger partial charge in [0.05, 0.1) is 10.4 Å². The summed E-state index contributed by atoms with van der Waals surface area (Å²) >= 11 is 3.53. The number of nitro benzene ring substituents is 1. The number of hydrogen-bond donors (Lipinski definition) is 0. The van der Waals surface area contributed by atoms with Crippen LogP contribution in [0.4, 0.5) is 5.69 Å². The van der Waals surface area contributed by atoms with Crippen LogP contribution in [0, 0.1) is 17.0 Å². The van der Waals surface area contributed by atoms with Gasteiger partial charge in [0.25, 0.3) is 5.69 Å². The van der Waals surface area contributed by atoms with Gasteiger partial charge in [0.1, 0.15) is 5.69 Å². The summed E-state index contributed by atoms with van der Waals surface area (Å²) in [6.45, 7) is 2.03. The molecule has 0 radical (unpaired) electrons. The van der Waals surface area contributed by atoms with Gasteiger partial charge in [0.15, 0.2) is 0 Å². The summed E-state index contributed by atoms with van der Waals surface area (Å²) in [4.78, 5) is 10.8. The lowest BCUT2D eigenvalue weighted by Crippen LogP contribution is -1.99. The Bertz CT molecular complexity index is 824. The zero-order valence-corrected chi connectivity index (χ0v) is 12.3. The number of rotatable bonds is 2. The van der Waals surface area contributed by atoms with E-state index < -0.39 is 0 Å². The summed E-state index contributed by atoms with van der Waals surface area (Å²) < 4.78 is 2.77. The van der Waals surface area contributed by atoms with Crippen molar-refractivity contribution in [3.05, 3.63) is 68.8 Å². The number of benzene rings is 2. The third-order valence-electron chi connectivity index (χ3n) is 3.35. The molecule has 0 saturated heterocycles. The molecule has 0 bridgehead atoms. The molecule has 1 aromatic heterocycles. The highest BCUT2D eigenvalue weighted by molar-refractivity contribution is 9.10. The molecule has 2 aromatic carbocycles. The Morgan fingerprint density at radius 2 is 1.90 bits per heavy atom. The van der Waals surface area contributed by atoms with Crippen LogP contribution in [0.1, 0.15) is 5.56 Å². The molecule has 20 heavy (non-hydrogen) atoms. The predicted octanol–water partition coefficient (Wildman–Crippen LogP) is 4.61. The smallest absolute Gasteiger partial charge is 0.293 e. The minimum Gasteiger partial charge on any atom is -0.310 e. The molecule has 3 aromatic rings. The lowest BCUT2D eigenvalue weighted by Gasteiger charge is -2.08. The van der Waals surface area contributed by atoms with Crippen molar-refractivity contribution in [3.63, 3.8) is 0 Å². The van der Waals surface area contributed by atoms with Crippen molar-refractivity contribution in [2.45, 2.75) is 6.92 Å². The first-order valence-corrected chi connectivity index (χ1v) is 6.89. The molecule has 3 rings (SSSR count). The van der Waals surface area contributed by atoms with E-state index in [1.54, 1.807) is 18.2 Å². The number of aromatic nitrogens is 1. The minimum atomic E-state index is -0.356. The maximum atomic E-state index is 11.2. The molecule has 1 heterocycles. The van der Waals surface area contributed by atoms with Gasteiger partial charge in [0, 0.05) is 22.1 Å². The van der Waals surface area contributed by atoms with Crippen molar-refractivity contribution in [3.8, 4) is 5.69 Å². The average molecular weight is 331 g/mol. The molecule has 0 fully saturated rings. The molecule has 100 valence electrons. The second-order valence-electron chi connectivity index (χ2n) is 4.56. The Morgan fingerprint density at radius 1 is 1.15 bits per heavy atom. The Kier molecular flexibility index (Phi) is 3.06. The molecule has 0 aliphatic heterocycles. The van der Waals surface area contributed by atoms with Crippen LogP contribution in [-0.2, 0) is 0 Å². The number of halogens is 1. The van der Waals surface area contributed by atoms with Crippen molar-refractivity contribution >= 4 is 32.5 Å². The van der Waals surface area contributed by atoms with Gasteiger partial charge in [-0.1, -0.05) is 18.2 Å². The molecular weight excluding hydrogens is 320 g/mol. The molecule has 5 heteroatoms. The lowest BCUT2D eigenvalue weighted by molar-refractivity contribution is -0.384. The lowest BCUT2D eigenvalue weighted by atomic mass is 10.1. The van der Waals surface area contributed by atoms with E-state index in [2.05, 4.69) is 15.9 Å². The zero-order chi connectivity index (χ0) is 14.3. The molecule has 0 spiro atoms. The second-order valence-corrected chi connectivity index (χ2v) is 5.41. The fraction of sp³-hybridized carbons (Fsp3) is 0.0667. The molecular formula is C15H11BrN2O2. The standard InChI is InChI=1S/C15H11BrN2O2/c1-10-6-7-12(16)15-11(10)8-9-17(15)13-4-2-3-5-14(13)18(19)20/h2-9H,1H3. The van der Waals surface area contributed by atoms with E-state index in [1.165, 1.54) is 6.07 Å². The molecule has 0 aliphatic rings. The zero-order valence-electron chi connectivity index (χ0n) is 10.7. The van der Waals surface area contributed by atoms with E-state index in [-0.39, 0.29) is 10.6 Å². The van der Waals surface area contributed by atoms with E-state index >= 15 is 0 Å². The number of aryl methyl sites for hydroxylation is 1. The van der Waals surface area contributed by atoms with E-state index in [4.69, 9.17) is 0 Å². The van der Waals surface area contributed by atoms with E-state index in [0.29, 0.717) is 5.69 Å². The van der Waals surface area contributed by atoms with E-state index in [1.807, 2.05) is 35.9 Å². The van der Waals surface area contributed by atoms with Crippen LogP contribution in [0.5, 0.6) is 0 Å². The van der Waals surface area contributed by atoms with Crippen molar-refractivity contribution in [2.24, 2.45) is 0 Å². The third-order valence-corrected chi connectivity index (χ3v) is 3.99. The first-order valence-electron chi connectivity index (χ1n) is 6.09. The Morgan fingerprint density at radius 3 is 2.65 bits per heavy atom. The molecule has 0 atom stereocenters. The highest BCUT2D eigenvalue weighted by atomic mass is 79.9. The van der Waals surface area contributed by atoms with Crippen LogP contribution >= 0.6 is 15.9 Å². The predicted molar refractivity (Wildman–Crippen MR) is 82.4 cm³/mol. The number of fused-ring (bicyclic) bond motifs is 1. The van der Waals surface area contributed by atoms with Gasteiger partial charge in [-0.05, 0) is 46.6 Å². The summed E-state index contributed by atoms with van der Waals surface area (Å²) in [5.74, 6) is 0. The van der Waals surface area contributed by atoms with Gasteiger partial charge in [-0.25, -0.2) is 0 Å². The summed E-state index contributed by atoms with van der Waals surface area (Å²) in [5, 5.41) is 12.3. The fourth-order valence-electron chi connectivity index (χ4n) is 2.38. The maximum Gasteiger partial charge on any atom is 0.293 e. The van der Waals surface area contributed by atoms with Crippen LogP contribution in [-0.4, -0.2) is 9.49 Å². The summed E-state index contributed by atoms with van der Waals surface area (Å²) in [7, 11) is 0. The van der Waals surface area contributed by atoms with Crippen LogP contribution in [0.2, 0.25) is 0 Å². The number of hydrogen-bond acceptors (Lipinski definition) is 2. The van der Waals surface area contributed by atoms with Crippen molar-refractivity contribution < 1.29 is 4.92 Å². The van der Waals surface area contributed by atoms with Gasteiger partial charge in [-0.2, -0.15) is 0 Å². The maximum absolute atomic E-state index is 11.2. The first kappa shape index (κ1) is 12.9. The normalized spacial score (nSPS) is 10.9. The minimum absolute atomic E-state index is 0.0957. The van der Waals surface area contributed by atoms with Crippen molar-refractivity contribution in [1.82, 2.24) is 4.57 Å². The Balaban J connectivity index is 2.37. The SMILES string of the molecule is Cc1ccc(Br)c2c1ccn2-c1ccccc1[N+](=O)[O-]. The van der Waals surface area contributed by atoms with Gasteiger partial charge in [0.2, 0.25) is 0 Å². The first-order chi connectivity index (χ1) is 9.59. The molecule has 0 amide bonds. The largest absolute Gasteiger partial charge is 0.310 e. The van der Waals surface area contributed by atoms with Gasteiger partial charge >= 0.3 is 0 Å². The van der Waals surface area contributed by atoms with Gasteiger partial charge in [-0.3, -0.25) is 10.1 Å². The van der Waals surface area contributed by atoms with Gasteiger partial charge in [-0.15, -0.1) is 0 Å². The average Bonchev–Trinajstić information content (AvgIpc) is 2.89. The molecule has 0 N–H and O–H groups in total.